The summed E-state index contributed by atoms with van der Waals surface area (Å²) in [4.78, 5) is 27.7. The van der Waals surface area contributed by atoms with Gasteiger partial charge in [0.2, 0.25) is 0 Å². The molecular weight excluding hydrogens is 420 g/mol. The van der Waals surface area contributed by atoms with Crippen molar-refractivity contribution in [3.63, 3.8) is 0 Å². The SMILES string of the molecule is CCOC(=O)c1csc(NC(=O)COc2ccc3ccccc3c2Br)n1. The summed E-state index contributed by atoms with van der Waals surface area (Å²) in [5.41, 5.74) is 0.172. The van der Waals surface area contributed by atoms with Crippen molar-refractivity contribution in [1.29, 1.82) is 0 Å². The highest BCUT2D eigenvalue weighted by Gasteiger charge is 2.14. The van der Waals surface area contributed by atoms with Crippen LogP contribution >= 0.6 is 27.3 Å². The van der Waals surface area contributed by atoms with Crippen molar-refractivity contribution in [3.05, 3.63) is 51.9 Å². The quantitative estimate of drug-likeness (QED) is 0.586. The van der Waals surface area contributed by atoms with Crippen LogP contribution < -0.4 is 10.1 Å². The van der Waals surface area contributed by atoms with Crippen molar-refractivity contribution in [2.24, 2.45) is 0 Å². The van der Waals surface area contributed by atoms with E-state index < -0.39 is 5.97 Å². The summed E-state index contributed by atoms with van der Waals surface area (Å²) in [6.45, 7) is 1.81. The zero-order valence-corrected chi connectivity index (χ0v) is 16.2. The molecular formula is C18H15BrN2O4S. The molecule has 0 saturated heterocycles. The van der Waals surface area contributed by atoms with Crippen LogP contribution in [-0.2, 0) is 9.53 Å². The fourth-order valence-corrected chi connectivity index (χ4v) is 3.56. The van der Waals surface area contributed by atoms with Crippen molar-refractivity contribution in [3.8, 4) is 5.75 Å². The Bertz CT molecular complexity index is 957. The Hall–Kier alpha value is -2.45. The van der Waals surface area contributed by atoms with Gasteiger partial charge in [-0.1, -0.05) is 30.3 Å². The van der Waals surface area contributed by atoms with Crippen molar-refractivity contribution in [2.45, 2.75) is 6.92 Å². The molecule has 134 valence electrons. The predicted molar refractivity (Wildman–Crippen MR) is 104 cm³/mol. The second kappa shape index (κ2) is 8.29. The lowest BCUT2D eigenvalue weighted by Crippen LogP contribution is -2.20. The van der Waals surface area contributed by atoms with Gasteiger partial charge in [-0.15, -0.1) is 11.3 Å². The summed E-state index contributed by atoms with van der Waals surface area (Å²) < 4.78 is 11.3. The van der Waals surface area contributed by atoms with Gasteiger partial charge >= 0.3 is 5.97 Å². The van der Waals surface area contributed by atoms with Gasteiger partial charge in [0.25, 0.3) is 5.91 Å². The number of fused-ring (bicyclic) bond motifs is 1. The van der Waals surface area contributed by atoms with Gasteiger partial charge < -0.3 is 9.47 Å². The van der Waals surface area contributed by atoms with Crippen LogP contribution in [0.25, 0.3) is 10.8 Å². The maximum Gasteiger partial charge on any atom is 0.357 e. The number of carbonyl (C=O) groups is 2. The van der Waals surface area contributed by atoms with E-state index in [0.29, 0.717) is 10.9 Å². The maximum absolute atomic E-state index is 12.1. The second-order valence-electron chi connectivity index (χ2n) is 5.19. The van der Waals surface area contributed by atoms with Crippen molar-refractivity contribution in [1.82, 2.24) is 4.98 Å². The third-order valence-corrected chi connectivity index (χ3v) is 5.00. The average molecular weight is 435 g/mol. The Balaban J connectivity index is 1.61. The number of rotatable bonds is 6. The number of thiazole rings is 1. The summed E-state index contributed by atoms with van der Waals surface area (Å²) in [5, 5.41) is 6.54. The molecule has 1 N–H and O–H groups in total. The zero-order valence-electron chi connectivity index (χ0n) is 13.8. The van der Waals surface area contributed by atoms with Gasteiger partial charge in [-0.3, -0.25) is 10.1 Å². The van der Waals surface area contributed by atoms with Gasteiger partial charge in [-0.25, -0.2) is 9.78 Å². The molecule has 0 atom stereocenters. The van der Waals surface area contributed by atoms with Crippen molar-refractivity contribution in [2.75, 3.05) is 18.5 Å². The van der Waals surface area contributed by atoms with Gasteiger partial charge in [-0.05, 0) is 39.7 Å². The van der Waals surface area contributed by atoms with E-state index >= 15 is 0 Å². The number of esters is 1. The minimum atomic E-state index is -0.513. The molecule has 0 bridgehead atoms. The molecule has 26 heavy (non-hydrogen) atoms. The first-order chi connectivity index (χ1) is 12.6. The van der Waals surface area contributed by atoms with Crippen LogP contribution in [0.2, 0.25) is 0 Å². The molecule has 0 aliphatic carbocycles. The van der Waals surface area contributed by atoms with Crippen LogP contribution in [0, 0.1) is 0 Å². The summed E-state index contributed by atoms with van der Waals surface area (Å²) in [5.74, 6) is -0.305. The molecule has 1 aromatic heterocycles. The smallest absolute Gasteiger partial charge is 0.357 e. The Labute approximate surface area is 162 Å². The molecule has 0 spiro atoms. The topological polar surface area (TPSA) is 77.5 Å². The Morgan fingerprint density at radius 3 is 2.85 bits per heavy atom. The largest absolute Gasteiger partial charge is 0.483 e. The fourth-order valence-electron chi connectivity index (χ4n) is 2.25. The van der Waals surface area contributed by atoms with Crippen LogP contribution in [0.1, 0.15) is 17.4 Å². The highest BCUT2D eigenvalue weighted by molar-refractivity contribution is 9.10. The lowest BCUT2D eigenvalue weighted by Gasteiger charge is -2.10. The van der Waals surface area contributed by atoms with Gasteiger partial charge in [0.15, 0.2) is 17.4 Å². The average Bonchev–Trinajstić information content (AvgIpc) is 3.10. The van der Waals surface area contributed by atoms with Gasteiger partial charge in [0.05, 0.1) is 11.1 Å². The number of hydrogen-bond acceptors (Lipinski definition) is 6. The molecule has 0 fully saturated rings. The highest BCUT2D eigenvalue weighted by Crippen LogP contribution is 2.33. The molecule has 1 amide bonds. The Kier molecular flexibility index (Phi) is 5.85. The molecule has 8 heteroatoms. The molecule has 0 radical (unpaired) electrons. The van der Waals surface area contributed by atoms with Crippen LogP contribution in [0.15, 0.2) is 46.3 Å². The molecule has 1 heterocycles. The highest BCUT2D eigenvalue weighted by atomic mass is 79.9. The third-order valence-electron chi connectivity index (χ3n) is 3.42. The first-order valence-corrected chi connectivity index (χ1v) is 9.48. The number of ether oxygens (including phenoxy) is 2. The number of halogens is 1. The summed E-state index contributed by atoms with van der Waals surface area (Å²) in [6.07, 6.45) is 0. The van der Waals surface area contributed by atoms with Crippen LogP contribution in [0.5, 0.6) is 5.75 Å². The minimum Gasteiger partial charge on any atom is -0.483 e. The Morgan fingerprint density at radius 2 is 2.04 bits per heavy atom. The van der Waals surface area contributed by atoms with E-state index in [1.165, 1.54) is 5.38 Å². The van der Waals surface area contributed by atoms with E-state index in [2.05, 4.69) is 26.2 Å². The molecule has 0 aliphatic rings. The zero-order chi connectivity index (χ0) is 18.5. The van der Waals surface area contributed by atoms with Gasteiger partial charge in [0, 0.05) is 5.38 Å². The first kappa shape index (κ1) is 18.3. The van der Waals surface area contributed by atoms with Gasteiger partial charge in [-0.2, -0.15) is 0 Å². The van der Waals surface area contributed by atoms with Crippen LogP contribution in [-0.4, -0.2) is 30.1 Å². The molecule has 0 saturated carbocycles. The molecule has 3 aromatic rings. The number of nitrogens with zero attached hydrogens (tertiary/aromatic N) is 1. The molecule has 0 unspecified atom stereocenters. The van der Waals surface area contributed by atoms with E-state index in [0.717, 1.165) is 26.6 Å². The number of benzene rings is 2. The molecule has 2 aromatic carbocycles. The summed E-state index contributed by atoms with van der Waals surface area (Å²) in [7, 11) is 0. The van der Waals surface area contributed by atoms with Crippen molar-refractivity contribution < 1.29 is 19.1 Å². The maximum atomic E-state index is 12.1. The van der Waals surface area contributed by atoms with E-state index in [-0.39, 0.29) is 24.8 Å². The molecule has 6 nitrogen and oxygen atoms in total. The number of amides is 1. The number of nitrogens with one attached hydrogen (secondary N) is 1. The fraction of sp³-hybridized carbons (Fsp3) is 0.167. The minimum absolute atomic E-state index is 0.172. The number of hydrogen-bond donors (Lipinski definition) is 1. The van der Waals surface area contributed by atoms with E-state index in [1.807, 2.05) is 36.4 Å². The summed E-state index contributed by atoms with van der Waals surface area (Å²) in [6, 6.07) is 11.6. The van der Waals surface area contributed by atoms with E-state index in [1.54, 1.807) is 6.92 Å². The van der Waals surface area contributed by atoms with Crippen LogP contribution in [0.4, 0.5) is 5.13 Å². The van der Waals surface area contributed by atoms with Crippen molar-refractivity contribution >= 4 is 55.0 Å². The third kappa shape index (κ3) is 4.20. The van der Waals surface area contributed by atoms with Crippen LogP contribution in [0.3, 0.4) is 0 Å². The number of anilines is 1. The lowest BCUT2D eigenvalue weighted by molar-refractivity contribution is -0.118. The summed E-state index contributed by atoms with van der Waals surface area (Å²) >= 11 is 4.66. The predicted octanol–water partition coefficient (Wildman–Crippen LogP) is 4.25. The molecule has 3 rings (SSSR count). The van der Waals surface area contributed by atoms with Gasteiger partial charge in [0.1, 0.15) is 5.75 Å². The second-order valence-corrected chi connectivity index (χ2v) is 6.85. The normalized spacial score (nSPS) is 10.5. The number of carbonyl (C=O) groups excluding carboxylic acids is 2. The van der Waals surface area contributed by atoms with E-state index in [9.17, 15) is 9.59 Å². The first-order valence-electron chi connectivity index (χ1n) is 7.81. The Morgan fingerprint density at radius 1 is 1.23 bits per heavy atom. The number of aromatic nitrogens is 1. The monoisotopic (exact) mass is 434 g/mol. The standard InChI is InChI=1S/C18H15BrN2O4S/c1-2-24-17(23)13-10-26-18(20-13)21-15(22)9-25-14-8-7-11-5-3-4-6-12(11)16(14)19/h3-8,10H,2,9H2,1H3,(H,20,21,22). The lowest BCUT2D eigenvalue weighted by atomic mass is 10.1. The molecule has 0 aliphatic heterocycles. The van der Waals surface area contributed by atoms with E-state index in [4.69, 9.17) is 9.47 Å².